The summed E-state index contributed by atoms with van der Waals surface area (Å²) in [6, 6.07) is 22.8. The molecule has 4 heteroatoms. The predicted octanol–water partition coefficient (Wildman–Crippen LogP) is 6.61. The van der Waals surface area contributed by atoms with Gasteiger partial charge in [0.15, 0.2) is 0 Å². The van der Waals surface area contributed by atoms with Gasteiger partial charge in [-0.15, -0.1) is 0 Å². The summed E-state index contributed by atoms with van der Waals surface area (Å²) in [5.74, 6) is 0.285. The van der Waals surface area contributed by atoms with E-state index in [4.69, 9.17) is 25.2 Å². The standard InChI is InChI=1S/C28H29ClO3/c1-31-25-13-10-20(11-14-25)16-24-17-22(12-15-27(24)29)26-9-5-8-23(28(26)30)19-32-18-21-6-3-2-4-7-21/h2-4,6-7,10-15,17,23,26H,5,8-9,16,18-19H2,1H3/i1D3. The second-order valence-electron chi connectivity index (χ2n) is 8.36. The summed E-state index contributed by atoms with van der Waals surface area (Å²) < 4.78 is 32.5. The zero-order chi connectivity index (χ0) is 24.8. The van der Waals surface area contributed by atoms with E-state index in [0.29, 0.717) is 30.4 Å². The second kappa shape index (κ2) is 10.8. The highest BCUT2D eigenvalue weighted by atomic mass is 35.5. The number of carbonyl (C=O) groups excluding carboxylic acids is 1. The second-order valence-corrected chi connectivity index (χ2v) is 8.76. The van der Waals surface area contributed by atoms with Gasteiger partial charge in [0.1, 0.15) is 11.5 Å². The maximum Gasteiger partial charge on any atom is 0.145 e. The van der Waals surface area contributed by atoms with Gasteiger partial charge in [-0.1, -0.05) is 72.6 Å². The van der Waals surface area contributed by atoms with Gasteiger partial charge in [-0.25, -0.2) is 0 Å². The molecule has 1 saturated carbocycles. The van der Waals surface area contributed by atoms with Crippen LogP contribution in [-0.2, 0) is 22.6 Å². The molecule has 1 aliphatic rings. The Bertz CT molecular complexity index is 1130. The highest BCUT2D eigenvalue weighted by molar-refractivity contribution is 6.31. The van der Waals surface area contributed by atoms with Gasteiger partial charge in [-0.2, -0.15) is 0 Å². The fraction of sp³-hybridized carbons (Fsp3) is 0.321. The number of hydrogen-bond donors (Lipinski definition) is 0. The molecule has 4 rings (SSSR count). The summed E-state index contributed by atoms with van der Waals surface area (Å²) in [6.45, 7) is 0.950. The van der Waals surface area contributed by atoms with Crippen LogP contribution in [0.15, 0.2) is 72.8 Å². The lowest BCUT2D eigenvalue weighted by Crippen LogP contribution is -2.30. The van der Waals surface area contributed by atoms with Crippen molar-refractivity contribution in [2.75, 3.05) is 13.6 Å². The number of benzene rings is 3. The number of rotatable bonds is 8. The number of methoxy groups -OCH3 is 1. The fourth-order valence-electron chi connectivity index (χ4n) is 4.37. The van der Waals surface area contributed by atoms with E-state index in [2.05, 4.69) is 0 Å². The molecule has 0 aromatic heterocycles. The lowest BCUT2D eigenvalue weighted by Gasteiger charge is -2.28. The van der Waals surface area contributed by atoms with E-state index in [1.165, 1.54) is 0 Å². The lowest BCUT2D eigenvalue weighted by atomic mass is 9.76. The summed E-state index contributed by atoms with van der Waals surface area (Å²) in [6.07, 6.45) is 3.25. The first-order valence-corrected chi connectivity index (χ1v) is 11.4. The SMILES string of the molecule is [2H]C([2H])([2H])Oc1ccc(Cc2cc(C3CCCC(COCc4ccccc4)C3=O)ccc2Cl)cc1. The van der Waals surface area contributed by atoms with Crippen molar-refractivity contribution >= 4 is 17.4 Å². The van der Waals surface area contributed by atoms with Crippen molar-refractivity contribution in [2.24, 2.45) is 5.92 Å². The van der Waals surface area contributed by atoms with Gasteiger partial charge < -0.3 is 9.47 Å². The minimum atomic E-state index is -2.48. The summed E-state index contributed by atoms with van der Waals surface area (Å²) in [4.78, 5) is 13.3. The molecule has 3 aromatic carbocycles. The Hall–Kier alpha value is -2.62. The molecule has 0 aliphatic heterocycles. The molecule has 0 saturated heterocycles. The maximum atomic E-state index is 13.3. The number of halogens is 1. The van der Waals surface area contributed by atoms with E-state index < -0.39 is 7.04 Å². The van der Waals surface area contributed by atoms with Gasteiger partial charge in [-0.3, -0.25) is 4.79 Å². The Morgan fingerprint density at radius 3 is 2.59 bits per heavy atom. The summed E-state index contributed by atoms with van der Waals surface area (Å²) in [7, 11) is -2.48. The van der Waals surface area contributed by atoms with E-state index in [-0.39, 0.29) is 17.6 Å². The minimum absolute atomic E-state index is 0.0950. The van der Waals surface area contributed by atoms with Crippen molar-refractivity contribution in [1.29, 1.82) is 0 Å². The van der Waals surface area contributed by atoms with Crippen molar-refractivity contribution in [1.82, 2.24) is 0 Å². The zero-order valence-corrected chi connectivity index (χ0v) is 18.7. The quantitative estimate of drug-likeness (QED) is 0.386. The van der Waals surface area contributed by atoms with E-state index in [0.717, 1.165) is 41.5 Å². The molecule has 166 valence electrons. The number of Topliss-reactive ketones (excluding diaryl/α,β-unsaturated/α-hetero) is 1. The van der Waals surface area contributed by atoms with E-state index in [9.17, 15) is 4.79 Å². The maximum absolute atomic E-state index is 13.3. The van der Waals surface area contributed by atoms with Crippen molar-refractivity contribution < 1.29 is 18.4 Å². The van der Waals surface area contributed by atoms with Crippen LogP contribution < -0.4 is 4.74 Å². The molecule has 3 aromatic rings. The average molecular weight is 452 g/mol. The number of carbonyl (C=O) groups is 1. The number of ether oxygens (including phenoxy) is 2. The van der Waals surface area contributed by atoms with Gasteiger partial charge in [0, 0.05) is 16.9 Å². The lowest BCUT2D eigenvalue weighted by molar-refractivity contribution is -0.128. The van der Waals surface area contributed by atoms with Crippen molar-refractivity contribution in [3.8, 4) is 5.75 Å². The van der Waals surface area contributed by atoms with Crippen LogP contribution in [0.3, 0.4) is 0 Å². The average Bonchev–Trinajstić information content (AvgIpc) is 2.83. The first kappa shape index (κ1) is 18.9. The molecule has 2 unspecified atom stereocenters. The normalized spacial score (nSPS) is 20.3. The molecule has 0 amide bonds. The van der Waals surface area contributed by atoms with Crippen LogP contribution in [0.4, 0.5) is 0 Å². The van der Waals surface area contributed by atoms with E-state index in [1.807, 2.05) is 60.7 Å². The highest BCUT2D eigenvalue weighted by Crippen LogP contribution is 2.35. The molecule has 32 heavy (non-hydrogen) atoms. The van der Waals surface area contributed by atoms with Crippen LogP contribution in [0, 0.1) is 5.92 Å². The molecule has 0 radical (unpaired) electrons. The molecule has 1 fully saturated rings. The molecular weight excluding hydrogens is 420 g/mol. The van der Waals surface area contributed by atoms with E-state index in [1.54, 1.807) is 12.1 Å². The van der Waals surface area contributed by atoms with Gasteiger partial charge in [-0.05, 0) is 59.7 Å². The number of ketones is 1. The Kier molecular flexibility index (Phi) is 6.38. The molecule has 0 heterocycles. The third-order valence-corrected chi connectivity index (χ3v) is 6.50. The largest absolute Gasteiger partial charge is 0.497 e. The molecule has 3 nitrogen and oxygen atoms in total. The molecule has 2 atom stereocenters. The highest BCUT2D eigenvalue weighted by Gasteiger charge is 2.32. The Morgan fingerprint density at radius 1 is 1.00 bits per heavy atom. The smallest absolute Gasteiger partial charge is 0.145 e. The summed E-state index contributed by atoms with van der Waals surface area (Å²) in [5.41, 5.74) is 4.00. The third kappa shape index (κ3) is 5.59. The van der Waals surface area contributed by atoms with Crippen molar-refractivity contribution in [3.05, 3.63) is 100 Å². The minimum Gasteiger partial charge on any atom is -0.497 e. The van der Waals surface area contributed by atoms with Gasteiger partial charge in [0.2, 0.25) is 0 Å². The van der Waals surface area contributed by atoms with Gasteiger partial charge >= 0.3 is 0 Å². The molecule has 1 aliphatic carbocycles. The third-order valence-electron chi connectivity index (χ3n) is 6.13. The molecule has 0 spiro atoms. The zero-order valence-electron chi connectivity index (χ0n) is 20.9. The Balaban J connectivity index is 1.41. The molecule has 0 bridgehead atoms. The first-order valence-electron chi connectivity index (χ1n) is 12.5. The van der Waals surface area contributed by atoms with Gasteiger partial charge in [0.25, 0.3) is 0 Å². The van der Waals surface area contributed by atoms with Crippen LogP contribution in [-0.4, -0.2) is 19.4 Å². The van der Waals surface area contributed by atoms with Crippen molar-refractivity contribution in [3.63, 3.8) is 0 Å². The molecule has 0 N–H and O–H groups in total. The Labute approximate surface area is 199 Å². The van der Waals surface area contributed by atoms with Crippen LogP contribution in [0.5, 0.6) is 5.75 Å². The van der Waals surface area contributed by atoms with Gasteiger partial charge in [0.05, 0.1) is 24.4 Å². The topological polar surface area (TPSA) is 35.5 Å². The van der Waals surface area contributed by atoms with E-state index >= 15 is 0 Å². The van der Waals surface area contributed by atoms with Crippen LogP contribution in [0.2, 0.25) is 5.02 Å². The van der Waals surface area contributed by atoms with Crippen LogP contribution in [0.25, 0.3) is 0 Å². The first-order chi connectivity index (χ1) is 16.8. The molecular formula is C28H29ClO3. The monoisotopic (exact) mass is 451 g/mol. The summed E-state index contributed by atoms with van der Waals surface area (Å²) in [5, 5.41) is 0.641. The fourth-order valence-corrected chi connectivity index (χ4v) is 4.55. The predicted molar refractivity (Wildman–Crippen MR) is 128 cm³/mol. The number of hydrogen-bond acceptors (Lipinski definition) is 3. The Morgan fingerprint density at radius 2 is 1.81 bits per heavy atom. The summed E-state index contributed by atoms with van der Waals surface area (Å²) >= 11 is 6.49. The van der Waals surface area contributed by atoms with Crippen LogP contribution >= 0.6 is 11.6 Å². The van der Waals surface area contributed by atoms with Crippen molar-refractivity contribution in [2.45, 2.75) is 38.2 Å². The van der Waals surface area contributed by atoms with Crippen LogP contribution in [0.1, 0.15) is 51.5 Å².